The largest absolute Gasteiger partial charge is 0.368 e. The highest BCUT2D eigenvalue weighted by molar-refractivity contribution is 5.98. The summed E-state index contributed by atoms with van der Waals surface area (Å²) in [4.78, 5) is 92.7. The molecule has 5 amide bonds. The van der Waals surface area contributed by atoms with E-state index in [9.17, 15) is 28.8 Å². The molecule has 4 aliphatic heterocycles. The molecule has 2 atom stereocenters. The molecule has 4 saturated heterocycles. The molecule has 5 heterocycles. The zero-order chi connectivity index (χ0) is 51.1. The fourth-order valence-electron chi connectivity index (χ4n) is 12.0. The van der Waals surface area contributed by atoms with E-state index in [0.29, 0.717) is 92.3 Å². The Balaban J connectivity index is 0.654. The lowest BCUT2D eigenvalue weighted by molar-refractivity contribution is -0.138. The van der Waals surface area contributed by atoms with Crippen molar-refractivity contribution in [3.63, 3.8) is 0 Å². The van der Waals surface area contributed by atoms with Crippen LogP contribution in [0.1, 0.15) is 114 Å². The first kappa shape index (κ1) is 51.4. The van der Waals surface area contributed by atoms with Crippen LogP contribution < -0.4 is 10.9 Å². The number of piperazine rings is 2. The number of ether oxygens (including phenoxy) is 1. The van der Waals surface area contributed by atoms with Crippen LogP contribution >= 0.6 is 0 Å². The van der Waals surface area contributed by atoms with E-state index < -0.39 is 17.8 Å². The van der Waals surface area contributed by atoms with Crippen LogP contribution in [0.4, 0.5) is 4.39 Å². The maximum Gasteiger partial charge on any atom is 0.272 e. The number of hydrogen-bond acceptors (Lipinski definition) is 10. The highest BCUT2D eigenvalue weighted by Crippen LogP contribution is 2.31. The molecule has 1 aromatic heterocycles. The summed E-state index contributed by atoms with van der Waals surface area (Å²) in [6.45, 7) is 8.61. The number of amides is 5. The SMILES string of the molecule is O=C(N[C@@H](C(=O)N1CCN(CC2CCN(CC(=O)N3CCN(C(=O)c4cc(Cc5n[nH]c(=O)c6ccccc56)ccc4F)CC3)CC2)CC1)C1CCCCC1)c1cccc(C2CCCN(C(=O)COC3CC3)C2)c1. The van der Waals surface area contributed by atoms with Gasteiger partial charge in [0.1, 0.15) is 18.5 Å². The topological polar surface area (TPSA) is 172 Å². The Hall–Kier alpha value is -6.04. The summed E-state index contributed by atoms with van der Waals surface area (Å²) < 4.78 is 20.8. The van der Waals surface area contributed by atoms with Crippen LogP contribution in [0.5, 0.6) is 0 Å². The van der Waals surface area contributed by atoms with Gasteiger partial charge in [-0.2, -0.15) is 5.10 Å². The van der Waals surface area contributed by atoms with Crippen molar-refractivity contribution in [2.75, 3.05) is 98.2 Å². The average Bonchev–Trinajstić information content (AvgIpc) is 4.28. The number of rotatable bonds is 15. The van der Waals surface area contributed by atoms with Gasteiger partial charge in [0, 0.05) is 95.3 Å². The Morgan fingerprint density at radius 2 is 1.42 bits per heavy atom. The molecular weight excluding hydrogens is 942 g/mol. The van der Waals surface area contributed by atoms with Crippen LogP contribution in [0.2, 0.25) is 0 Å². The van der Waals surface area contributed by atoms with Crippen molar-refractivity contribution in [2.24, 2.45) is 11.8 Å². The summed E-state index contributed by atoms with van der Waals surface area (Å²) >= 11 is 0. The monoisotopic (exact) mass is 1010 g/mol. The second-order valence-corrected chi connectivity index (χ2v) is 21.7. The van der Waals surface area contributed by atoms with Crippen LogP contribution in [0, 0.1) is 17.7 Å². The standard InChI is InChI=1S/C57H72FN9O7/c58-49-18-15-40(33-50-46-13-4-5-14-47(46)55(71)61-60-50)32-48(49)56(72)65-30-28-64(29-31-65)51(68)37-62-22-19-39(20-23-62)35-63-24-26-66(27-25-63)57(73)53(41-8-2-1-3-9-41)59-54(70)43-11-6-10-42(34-43)44-12-7-21-67(36-44)52(69)38-74-45-16-17-45/h4-6,10-11,13-15,18,32,34,39,41,44-45,53H,1-3,7-9,12,16-17,19-31,33,35-38H2,(H,59,70)(H,61,71)/t44?,53-/m1/s1. The summed E-state index contributed by atoms with van der Waals surface area (Å²) in [6.07, 6.45) is 11.5. The molecule has 0 spiro atoms. The number of piperidine rings is 2. The lowest BCUT2D eigenvalue weighted by Crippen LogP contribution is -2.57. The van der Waals surface area contributed by atoms with E-state index in [1.54, 1.807) is 29.2 Å². The molecule has 17 heteroatoms. The van der Waals surface area contributed by atoms with Gasteiger partial charge in [-0.15, -0.1) is 0 Å². The first-order chi connectivity index (χ1) is 36.0. The highest BCUT2D eigenvalue weighted by Gasteiger charge is 2.37. The van der Waals surface area contributed by atoms with Crippen molar-refractivity contribution < 1.29 is 33.1 Å². The van der Waals surface area contributed by atoms with E-state index in [4.69, 9.17) is 4.74 Å². The van der Waals surface area contributed by atoms with Gasteiger partial charge >= 0.3 is 0 Å². The molecule has 74 heavy (non-hydrogen) atoms. The molecular formula is C57H72FN9O7. The second kappa shape index (κ2) is 23.7. The van der Waals surface area contributed by atoms with E-state index in [1.165, 1.54) is 6.07 Å². The minimum atomic E-state index is -0.606. The molecule has 4 aromatic rings. The first-order valence-electron chi connectivity index (χ1n) is 27.4. The van der Waals surface area contributed by atoms with Crippen molar-refractivity contribution >= 4 is 40.3 Å². The molecule has 0 bridgehead atoms. The Morgan fingerprint density at radius 1 is 0.689 bits per heavy atom. The molecule has 6 aliphatic rings. The van der Waals surface area contributed by atoms with Gasteiger partial charge in [-0.05, 0) is 118 Å². The molecule has 1 unspecified atom stereocenters. The minimum absolute atomic E-state index is 0.0215. The van der Waals surface area contributed by atoms with Gasteiger partial charge in [-0.3, -0.25) is 38.6 Å². The fraction of sp³-hybridized carbons (Fsp3) is 0.561. The molecule has 2 N–H and O–H groups in total. The van der Waals surface area contributed by atoms with E-state index in [0.717, 1.165) is 115 Å². The normalized spacial score (nSPS) is 21.2. The van der Waals surface area contributed by atoms with Crippen LogP contribution in [-0.2, 0) is 25.5 Å². The van der Waals surface area contributed by atoms with Crippen LogP contribution in [0.25, 0.3) is 10.8 Å². The van der Waals surface area contributed by atoms with Crippen LogP contribution in [0.3, 0.4) is 0 Å². The third kappa shape index (κ3) is 12.5. The molecule has 0 radical (unpaired) electrons. The number of halogens is 1. The predicted molar refractivity (Wildman–Crippen MR) is 278 cm³/mol. The van der Waals surface area contributed by atoms with Crippen molar-refractivity contribution in [2.45, 2.75) is 95.1 Å². The Morgan fingerprint density at radius 3 is 2.18 bits per heavy atom. The smallest absolute Gasteiger partial charge is 0.272 e. The molecule has 2 saturated carbocycles. The number of hydrogen-bond donors (Lipinski definition) is 2. The van der Waals surface area contributed by atoms with Crippen LogP contribution in [0.15, 0.2) is 71.5 Å². The van der Waals surface area contributed by atoms with Gasteiger partial charge in [0.25, 0.3) is 17.4 Å². The number of benzene rings is 3. The molecule has 10 rings (SSSR count). The van der Waals surface area contributed by atoms with E-state index >= 15 is 4.39 Å². The first-order valence-corrected chi connectivity index (χ1v) is 27.4. The molecule has 16 nitrogen and oxygen atoms in total. The van der Waals surface area contributed by atoms with Crippen molar-refractivity contribution in [1.82, 2.24) is 44.9 Å². The number of nitrogens with zero attached hydrogens (tertiary/aromatic N) is 7. The fourth-order valence-corrected chi connectivity index (χ4v) is 12.0. The molecule has 6 fully saturated rings. The number of carbonyl (C=O) groups excluding carboxylic acids is 5. The molecule has 2 aliphatic carbocycles. The van der Waals surface area contributed by atoms with E-state index in [2.05, 4.69) is 31.4 Å². The molecule has 3 aromatic carbocycles. The lowest BCUT2D eigenvalue weighted by atomic mass is 9.83. The van der Waals surface area contributed by atoms with Gasteiger partial charge in [-0.1, -0.05) is 55.7 Å². The van der Waals surface area contributed by atoms with Gasteiger partial charge in [0.2, 0.25) is 17.7 Å². The van der Waals surface area contributed by atoms with Gasteiger partial charge in [-0.25, -0.2) is 9.49 Å². The number of aromatic nitrogens is 2. The zero-order valence-corrected chi connectivity index (χ0v) is 42.7. The van der Waals surface area contributed by atoms with E-state index in [1.807, 2.05) is 45.0 Å². The lowest BCUT2D eigenvalue weighted by Gasteiger charge is -2.41. The number of H-pyrrole nitrogens is 1. The van der Waals surface area contributed by atoms with Crippen LogP contribution in [-0.4, -0.2) is 180 Å². The van der Waals surface area contributed by atoms with Gasteiger partial charge < -0.3 is 29.7 Å². The average molecular weight is 1010 g/mol. The highest BCUT2D eigenvalue weighted by atomic mass is 19.1. The number of carbonyl (C=O) groups is 5. The quantitative estimate of drug-likeness (QED) is 0.164. The van der Waals surface area contributed by atoms with E-state index in [-0.39, 0.29) is 59.3 Å². The number of aromatic amines is 1. The Labute approximate surface area is 432 Å². The van der Waals surface area contributed by atoms with Crippen molar-refractivity contribution in [1.29, 1.82) is 0 Å². The Bertz CT molecular complexity index is 2720. The number of fused-ring (bicyclic) bond motifs is 1. The second-order valence-electron chi connectivity index (χ2n) is 21.7. The molecule has 394 valence electrons. The third-order valence-corrected chi connectivity index (χ3v) is 16.6. The summed E-state index contributed by atoms with van der Waals surface area (Å²) in [5.41, 5.74) is 2.61. The summed E-state index contributed by atoms with van der Waals surface area (Å²) in [5.74, 6) is -0.406. The number of likely N-dealkylation sites (tertiary alicyclic amines) is 2. The number of nitrogens with one attached hydrogen (secondary N) is 2. The summed E-state index contributed by atoms with van der Waals surface area (Å²) in [5, 5.41) is 11.2. The van der Waals surface area contributed by atoms with Crippen molar-refractivity contribution in [3.05, 3.63) is 111 Å². The maximum atomic E-state index is 15.1. The van der Waals surface area contributed by atoms with Gasteiger partial charge in [0.15, 0.2) is 0 Å². The summed E-state index contributed by atoms with van der Waals surface area (Å²) in [6, 6.07) is 18.8. The maximum absolute atomic E-state index is 15.1. The van der Waals surface area contributed by atoms with Crippen molar-refractivity contribution in [3.8, 4) is 0 Å². The Kier molecular flexibility index (Phi) is 16.5. The predicted octanol–water partition coefficient (Wildman–Crippen LogP) is 5.06. The van der Waals surface area contributed by atoms with Gasteiger partial charge in [0.05, 0.1) is 29.3 Å². The zero-order valence-electron chi connectivity index (χ0n) is 42.7. The third-order valence-electron chi connectivity index (χ3n) is 16.6. The summed E-state index contributed by atoms with van der Waals surface area (Å²) in [7, 11) is 0. The minimum Gasteiger partial charge on any atom is -0.368 e.